The first-order chi connectivity index (χ1) is 7.29. The predicted molar refractivity (Wildman–Crippen MR) is 68.7 cm³/mol. The van der Waals surface area contributed by atoms with Gasteiger partial charge in [-0.2, -0.15) is 0 Å². The maximum atomic E-state index is 10.0. The van der Waals surface area contributed by atoms with Crippen molar-refractivity contribution >= 4 is 8.60 Å². The summed E-state index contributed by atoms with van der Waals surface area (Å²) in [5.41, 5.74) is -2.48. The van der Waals surface area contributed by atoms with Crippen LogP contribution in [-0.2, 0) is 13.6 Å². The fourth-order valence-electron chi connectivity index (χ4n) is 0.946. The van der Waals surface area contributed by atoms with E-state index in [1.165, 1.54) is 0 Å². The van der Waals surface area contributed by atoms with Gasteiger partial charge < -0.3 is 18.7 Å². The maximum Gasteiger partial charge on any atom is 0.334 e. The Labute approximate surface area is 106 Å². The number of aliphatic hydroxyl groups is 1. The fraction of sp³-hybridized carbons (Fsp3) is 1.00. The first-order valence-corrected chi connectivity index (χ1v) is 6.98. The highest BCUT2D eigenvalue weighted by molar-refractivity contribution is 7.42. The molecular formula is C12H25O4P. The number of rotatable bonds is 3. The molecular weight excluding hydrogens is 239 g/mol. The molecule has 0 saturated carbocycles. The lowest BCUT2D eigenvalue weighted by Crippen LogP contribution is -2.46. The fourth-order valence-corrected chi connectivity index (χ4v) is 2.84. The molecule has 5 heteroatoms. The molecule has 0 radical (unpaired) electrons. The van der Waals surface area contributed by atoms with Crippen molar-refractivity contribution in [2.45, 2.75) is 77.8 Å². The third-order valence-electron chi connectivity index (χ3n) is 3.83. The van der Waals surface area contributed by atoms with Gasteiger partial charge in [0.25, 0.3) is 0 Å². The van der Waals surface area contributed by atoms with Crippen molar-refractivity contribution in [2.75, 3.05) is 0 Å². The first kappa shape index (κ1) is 15.3. The molecule has 0 unspecified atom stereocenters. The topological polar surface area (TPSA) is 47.9 Å². The van der Waals surface area contributed by atoms with Gasteiger partial charge in [0.1, 0.15) is 11.2 Å². The summed E-state index contributed by atoms with van der Waals surface area (Å²) in [6.45, 7) is 15.0. The van der Waals surface area contributed by atoms with Crippen molar-refractivity contribution in [1.29, 1.82) is 0 Å². The Morgan fingerprint density at radius 3 is 1.59 bits per heavy atom. The van der Waals surface area contributed by atoms with E-state index in [0.717, 1.165) is 0 Å². The second kappa shape index (κ2) is 4.14. The van der Waals surface area contributed by atoms with Gasteiger partial charge in [0.05, 0.1) is 11.2 Å². The van der Waals surface area contributed by atoms with Crippen LogP contribution in [0.3, 0.4) is 0 Å². The van der Waals surface area contributed by atoms with Gasteiger partial charge in [0.2, 0.25) is 0 Å². The van der Waals surface area contributed by atoms with Gasteiger partial charge in [-0.05, 0) is 55.4 Å². The van der Waals surface area contributed by atoms with Crippen LogP contribution in [0.15, 0.2) is 0 Å². The van der Waals surface area contributed by atoms with Gasteiger partial charge in [-0.25, -0.2) is 0 Å². The minimum atomic E-state index is -1.43. The minimum absolute atomic E-state index is 0.394. The second-order valence-corrected chi connectivity index (χ2v) is 7.58. The zero-order valence-corrected chi connectivity index (χ0v) is 13.0. The summed E-state index contributed by atoms with van der Waals surface area (Å²) in [7, 11) is -1.43. The summed E-state index contributed by atoms with van der Waals surface area (Å²) in [6.07, 6.45) is 0. The molecule has 102 valence electrons. The van der Waals surface area contributed by atoms with Gasteiger partial charge in [0.15, 0.2) is 0 Å². The van der Waals surface area contributed by atoms with Crippen LogP contribution in [0.4, 0.5) is 0 Å². The van der Waals surface area contributed by atoms with E-state index in [-0.39, 0.29) is 0 Å². The molecule has 17 heavy (non-hydrogen) atoms. The van der Waals surface area contributed by atoms with Gasteiger partial charge in [-0.3, -0.25) is 0 Å². The third kappa shape index (κ3) is 2.99. The molecule has 1 heterocycles. The second-order valence-electron chi connectivity index (χ2n) is 6.59. The quantitative estimate of drug-likeness (QED) is 0.794. The normalized spacial score (nSPS) is 25.2. The zero-order chi connectivity index (χ0) is 13.7. The molecule has 0 bridgehead atoms. The van der Waals surface area contributed by atoms with Gasteiger partial charge >= 0.3 is 8.60 Å². The van der Waals surface area contributed by atoms with E-state index in [4.69, 9.17) is 13.6 Å². The molecule has 1 N–H and O–H groups in total. The average Bonchev–Trinajstić information content (AvgIpc) is 2.15. The summed E-state index contributed by atoms with van der Waals surface area (Å²) in [6, 6.07) is 0. The van der Waals surface area contributed by atoms with Crippen LogP contribution >= 0.6 is 8.60 Å². The monoisotopic (exact) mass is 264 g/mol. The Bertz CT molecular complexity index is 275. The molecule has 1 aliphatic heterocycles. The van der Waals surface area contributed by atoms with Crippen LogP contribution in [0.25, 0.3) is 0 Å². The van der Waals surface area contributed by atoms with Crippen molar-refractivity contribution in [3.8, 4) is 0 Å². The van der Waals surface area contributed by atoms with Crippen LogP contribution in [0.1, 0.15) is 55.4 Å². The Kier molecular flexibility index (Phi) is 3.73. The molecule has 1 aliphatic rings. The van der Waals surface area contributed by atoms with Crippen molar-refractivity contribution in [2.24, 2.45) is 0 Å². The Morgan fingerprint density at radius 2 is 1.29 bits per heavy atom. The van der Waals surface area contributed by atoms with Crippen molar-refractivity contribution in [3.63, 3.8) is 0 Å². The number of hydrogen-bond donors (Lipinski definition) is 1. The molecule has 1 saturated heterocycles. The average molecular weight is 264 g/mol. The Balaban J connectivity index is 2.75. The zero-order valence-electron chi connectivity index (χ0n) is 12.1. The van der Waals surface area contributed by atoms with Crippen LogP contribution in [0.2, 0.25) is 0 Å². The standard InChI is InChI=1S/C12H25O4P/c1-9(2,13)10(3,4)14-17-15-11(5,6)12(7,8)16-17/h13H,1-8H3. The van der Waals surface area contributed by atoms with Gasteiger partial charge in [0, 0.05) is 0 Å². The van der Waals surface area contributed by atoms with Crippen LogP contribution in [0, 0.1) is 0 Å². The van der Waals surface area contributed by atoms with Crippen LogP contribution < -0.4 is 0 Å². The van der Waals surface area contributed by atoms with E-state index < -0.39 is 31.0 Å². The minimum Gasteiger partial charge on any atom is -0.387 e. The molecule has 4 nitrogen and oxygen atoms in total. The highest BCUT2D eigenvalue weighted by atomic mass is 31.2. The maximum absolute atomic E-state index is 10.0. The van der Waals surface area contributed by atoms with Gasteiger partial charge in [-0.15, -0.1) is 0 Å². The molecule has 0 aliphatic carbocycles. The van der Waals surface area contributed by atoms with Crippen molar-refractivity contribution in [1.82, 2.24) is 0 Å². The Hall–Kier alpha value is 0.270. The van der Waals surface area contributed by atoms with Crippen molar-refractivity contribution < 1.29 is 18.7 Å². The molecule has 1 fully saturated rings. The largest absolute Gasteiger partial charge is 0.387 e. The lowest BCUT2D eigenvalue weighted by molar-refractivity contribution is -0.0964. The third-order valence-corrected chi connectivity index (χ3v) is 5.65. The first-order valence-electron chi connectivity index (χ1n) is 5.88. The van der Waals surface area contributed by atoms with Crippen LogP contribution in [0.5, 0.6) is 0 Å². The summed E-state index contributed by atoms with van der Waals surface area (Å²) in [5.74, 6) is 0. The molecule has 0 amide bonds. The van der Waals surface area contributed by atoms with E-state index in [0.29, 0.717) is 0 Å². The van der Waals surface area contributed by atoms with Crippen LogP contribution in [-0.4, -0.2) is 27.5 Å². The van der Waals surface area contributed by atoms with E-state index in [9.17, 15) is 5.11 Å². The molecule has 0 aromatic heterocycles. The summed E-state index contributed by atoms with van der Waals surface area (Å²) >= 11 is 0. The molecule has 0 aromatic carbocycles. The summed E-state index contributed by atoms with van der Waals surface area (Å²) in [4.78, 5) is 0. The molecule has 0 aromatic rings. The molecule has 0 spiro atoms. The Morgan fingerprint density at radius 1 is 0.941 bits per heavy atom. The van der Waals surface area contributed by atoms with E-state index >= 15 is 0 Å². The molecule has 0 atom stereocenters. The lowest BCUT2D eigenvalue weighted by atomic mass is 9.90. The summed E-state index contributed by atoms with van der Waals surface area (Å²) < 4.78 is 17.4. The number of hydrogen-bond acceptors (Lipinski definition) is 4. The highest BCUT2D eigenvalue weighted by Gasteiger charge is 2.53. The van der Waals surface area contributed by atoms with E-state index in [1.54, 1.807) is 13.8 Å². The van der Waals surface area contributed by atoms with Gasteiger partial charge in [-0.1, -0.05) is 0 Å². The van der Waals surface area contributed by atoms with E-state index in [2.05, 4.69) is 0 Å². The lowest BCUT2D eigenvalue weighted by Gasteiger charge is -2.37. The predicted octanol–water partition coefficient (Wildman–Crippen LogP) is 3.38. The van der Waals surface area contributed by atoms with Crippen molar-refractivity contribution in [3.05, 3.63) is 0 Å². The smallest absolute Gasteiger partial charge is 0.334 e. The van der Waals surface area contributed by atoms with E-state index in [1.807, 2.05) is 41.5 Å². The molecule has 1 rings (SSSR count). The summed E-state index contributed by atoms with van der Waals surface area (Å²) in [5, 5.41) is 10.0. The highest BCUT2D eigenvalue weighted by Crippen LogP contribution is 2.60. The SMILES string of the molecule is CC(C)(O)C(C)(C)OP1OC(C)(C)C(C)(C)O1.